The van der Waals surface area contributed by atoms with E-state index in [9.17, 15) is 0 Å². The van der Waals surface area contributed by atoms with Crippen LogP contribution < -0.4 is 36.3 Å². The van der Waals surface area contributed by atoms with Gasteiger partial charge in [-0.3, -0.25) is 0 Å². The first-order valence-electron chi connectivity index (χ1n) is 11.6. The van der Waals surface area contributed by atoms with Crippen LogP contribution >= 0.6 is 0 Å². The zero-order valence-electron chi connectivity index (χ0n) is 19.4. The highest BCUT2D eigenvalue weighted by Gasteiger charge is 2.40. The van der Waals surface area contributed by atoms with Crippen molar-refractivity contribution in [2.75, 3.05) is 17.7 Å². The highest BCUT2D eigenvalue weighted by atomic mass is 16.5. The van der Waals surface area contributed by atoms with Crippen molar-refractivity contribution in [3.05, 3.63) is 84.2 Å². The molecular formula is C28H24BN4O+. The Labute approximate surface area is 198 Å². The van der Waals surface area contributed by atoms with Crippen LogP contribution in [-0.4, -0.2) is 18.8 Å². The first kappa shape index (κ1) is 19.3. The Hall–Kier alpha value is -4.19. The van der Waals surface area contributed by atoms with E-state index in [1.165, 1.54) is 22.1 Å². The first-order valence-corrected chi connectivity index (χ1v) is 11.6. The summed E-state index contributed by atoms with van der Waals surface area (Å²) in [6.45, 7) is 4.41. The number of rotatable bonds is 2. The second-order valence-electron chi connectivity index (χ2n) is 9.12. The molecule has 0 spiro atoms. The lowest BCUT2D eigenvalue weighted by Crippen LogP contribution is -2.59. The molecule has 0 fully saturated rings. The molecule has 2 aliphatic heterocycles. The third-order valence-corrected chi connectivity index (χ3v) is 7.29. The molecule has 7 rings (SSSR count). The number of aromatic nitrogens is 2. The van der Waals surface area contributed by atoms with Crippen molar-refractivity contribution in [3.8, 4) is 11.4 Å². The Morgan fingerprint density at radius 1 is 0.794 bits per heavy atom. The number of hydrogen-bond donors (Lipinski definition) is 3. The third-order valence-electron chi connectivity index (χ3n) is 7.29. The van der Waals surface area contributed by atoms with Crippen molar-refractivity contribution >= 4 is 56.9 Å². The van der Waals surface area contributed by atoms with Crippen LogP contribution in [0.1, 0.15) is 11.4 Å². The number of hydrogen-bond acceptors (Lipinski definition) is 3. The molecule has 2 aliphatic rings. The molecule has 0 aliphatic carbocycles. The van der Waals surface area contributed by atoms with E-state index >= 15 is 0 Å². The van der Waals surface area contributed by atoms with E-state index in [0.717, 1.165) is 50.9 Å². The number of nitrogens with zero attached hydrogens (tertiary/aromatic N) is 1. The maximum absolute atomic E-state index is 5.65. The molecule has 6 heteroatoms. The van der Waals surface area contributed by atoms with Crippen molar-refractivity contribution in [1.29, 1.82) is 0 Å². The average molecular weight is 443 g/mol. The quantitative estimate of drug-likeness (QED) is 0.282. The van der Waals surface area contributed by atoms with E-state index in [4.69, 9.17) is 4.74 Å². The van der Waals surface area contributed by atoms with Crippen LogP contribution in [0.5, 0.6) is 5.75 Å². The molecule has 5 aromatic rings. The number of methoxy groups -OCH3 is 1. The highest BCUT2D eigenvalue weighted by Crippen LogP contribution is 2.35. The van der Waals surface area contributed by atoms with Crippen LogP contribution in [0.4, 0.5) is 22.7 Å². The van der Waals surface area contributed by atoms with Crippen LogP contribution in [0.3, 0.4) is 0 Å². The van der Waals surface area contributed by atoms with E-state index in [0.29, 0.717) is 0 Å². The Morgan fingerprint density at radius 2 is 1.50 bits per heavy atom. The van der Waals surface area contributed by atoms with Gasteiger partial charge < -0.3 is 15.4 Å². The molecule has 164 valence electrons. The van der Waals surface area contributed by atoms with E-state index in [2.05, 4.69) is 101 Å². The number of anilines is 4. The molecule has 0 amide bonds. The Balaban J connectivity index is 1.59. The second-order valence-corrected chi connectivity index (χ2v) is 9.12. The van der Waals surface area contributed by atoms with Crippen LogP contribution in [0, 0.1) is 13.8 Å². The lowest BCUT2D eigenvalue weighted by Gasteiger charge is -2.34. The summed E-state index contributed by atoms with van der Waals surface area (Å²) >= 11 is 0. The highest BCUT2D eigenvalue weighted by molar-refractivity contribution is 7.00. The number of aromatic amines is 1. The Bertz CT molecular complexity index is 1630. The molecule has 0 saturated heterocycles. The molecule has 3 heterocycles. The maximum atomic E-state index is 5.65. The predicted molar refractivity (Wildman–Crippen MR) is 140 cm³/mol. The number of fused-ring (bicyclic) bond motifs is 6. The minimum Gasteiger partial charge on any atom is -0.496 e. The van der Waals surface area contributed by atoms with Crippen LogP contribution in [-0.2, 0) is 0 Å². The zero-order chi connectivity index (χ0) is 23.0. The van der Waals surface area contributed by atoms with Gasteiger partial charge >= 0.3 is 0 Å². The maximum Gasteiger partial charge on any atom is 0.257 e. The standard InChI is InChI=1S/C28H23BN4O/c1-16-24(13-8-14-25(16)34-3)33-17(2)30-23-15-22-26-27(28(23)33)32-21-12-7-5-10-19(21)29(26)18-9-4-6-11-20(18)31-22/h4-15,31-32H,1-3H3/p+1. The molecule has 0 atom stereocenters. The Kier molecular flexibility index (Phi) is 3.92. The van der Waals surface area contributed by atoms with Gasteiger partial charge in [0.25, 0.3) is 12.5 Å². The van der Waals surface area contributed by atoms with Gasteiger partial charge in [0.05, 0.1) is 12.8 Å². The minimum absolute atomic E-state index is 0.166. The normalized spacial score (nSPS) is 13.0. The molecule has 0 bridgehead atoms. The van der Waals surface area contributed by atoms with Gasteiger partial charge in [-0.15, -0.1) is 0 Å². The molecule has 34 heavy (non-hydrogen) atoms. The van der Waals surface area contributed by atoms with Crippen molar-refractivity contribution in [3.63, 3.8) is 0 Å². The van der Waals surface area contributed by atoms with Crippen molar-refractivity contribution in [1.82, 2.24) is 4.98 Å². The van der Waals surface area contributed by atoms with E-state index in [1.54, 1.807) is 7.11 Å². The van der Waals surface area contributed by atoms with E-state index in [-0.39, 0.29) is 6.71 Å². The lowest BCUT2D eigenvalue weighted by molar-refractivity contribution is -0.574. The number of imidazole rings is 1. The molecule has 4 aromatic carbocycles. The SMILES string of the molecule is COc1cccc(-[n+]2c(C)[nH]c3cc4c5c(c32)Nc2ccccc2B5c2ccccc2N4)c1C. The zero-order valence-corrected chi connectivity index (χ0v) is 19.4. The first-order chi connectivity index (χ1) is 16.7. The molecule has 0 unspecified atom stereocenters. The fourth-order valence-electron chi connectivity index (χ4n) is 5.81. The second kappa shape index (κ2) is 6.91. The number of ether oxygens (including phenoxy) is 1. The summed E-state index contributed by atoms with van der Waals surface area (Å²) in [7, 11) is 1.73. The van der Waals surface area contributed by atoms with Gasteiger partial charge in [0, 0.05) is 35.6 Å². The summed E-state index contributed by atoms with van der Waals surface area (Å²) < 4.78 is 7.97. The van der Waals surface area contributed by atoms with Gasteiger partial charge in [-0.2, -0.15) is 4.57 Å². The topological polar surface area (TPSA) is 53.0 Å². The smallest absolute Gasteiger partial charge is 0.257 e. The summed E-state index contributed by atoms with van der Waals surface area (Å²) in [5.41, 5.74) is 13.0. The van der Waals surface area contributed by atoms with Gasteiger partial charge in [0.2, 0.25) is 5.52 Å². The van der Waals surface area contributed by atoms with Gasteiger partial charge in [0.1, 0.15) is 11.4 Å². The summed E-state index contributed by atoms with van der Waals surface area (Å²) in [5, 5.41) is 7.52. The molecule has 5 nitrogen and oxygen atoms in total. The average Bonchev–Trinajstić information content (AvgIpc) is 3.19. The van der Waals surface area contributed by atoms with Gasteiger partial charge in [0.15, 0.2) is 5.52 Å². The molecular weight excluding hydrogens is 419 g/mol. The largest absolute Gasteiger partial charge is 0.496 e. The predicted octanol–water partition coefficient (Wildman–Crippen LogP) is 3.70. The summed E-state index contributed by atoms with van der Waals surface area (Å²) in [4.78, 5) is 3.64. The molecule has 3 N–H and O–H groups in total. The van der Waals surface area contributed by atoms with E-state index < -0.39 is 0 Å². The van der Waals surface area contributed by atoms with Gasteiger partial charge in [-0.05, 0) is 47.6 Å². The lowest BCUT2D eigenvalue weighted by atomic mass is 9.34. The number of benzene rings is 4. The van der Waals surface area contributed by atoms with Gasteiger partial charge in [-0.1, -0.05) is 42.5 Å². The van der Waals surface area contributed by atoms with Crippen LogP contribution in [0.15, 0.2) is 72.8 Å². The van der Waals surface area contributed by atoms with Crippen molar-refractivity contribution in [2.45, 2.75) is 13.8 Å². The fraction of sp³-hybridized carbons (Fsp3) is 0.107. The molecule has 1 aromatic heterocycles. The monoisotopic (exact) mass is 443 g/mol. The summed E-state index contributed by atoms with van der Waals surface area (Å²) in [6, 6.07) is 25.8. The summed E-state index contributed by atoms with van der Waals surface area (Å²) in [5.74, 6) is 1.96. The number of H-pyrrole nitrogens is 1. The number of para-hydroxylation sites is 2. The van der Waals surface area contributed by atoms with E-state index in [1.807, 2.05) is 6.07 Å². The molecule has 0 radical (unpaired) electrons. The number of aryl methyl sites for hydroxylation is 1. The van der Waals surface area contributed by atoms with Gasteiger partial charge in [-0.25, -0.2) is 4.98 Å². The van der Waals surface area contributed by atoms with Crippen molar-refractivity contribution < 1.29 is 9.30 Å². The number of nitrogens with one attached hydrogen (secondary N) is 3. The third kappa shape index (κ3) is 2.48. The molecule has 0 saturated carbocycles. The minimum atomic E-state index is 0.166. The fourth-order valence-corrected chi connectivity index (χ4v) is 5.81. The van der Waals surface area contributed by atoms with Crippen LogP contribution in [0.2, 0.25) is 0 Å². The van der Waals surface area contributed by atoms with Crippen molar-refractivity contribution in [2.24, 2.45) is 0 Å². The Morgan fingerprint density at radius 3 is 2.24 bits per heavy atom. The van der Waals surface area contributed by atoms with Crippen LogP contribution in [0.25, 0.3) is 16.7 Å². The summed E-state index contributed by atoms with van der Waals surface area (Å²) in [6.07, 6.45) is 0.